The number of carbonyl (C=O) groups excluding carboxylic acids is 2. The normalized spacial score (nSPS) is 39.6. The number of piperazine rings is 1. The standard InChI is InChI=1S/C43H58N3O4S/c1-41-28-37(38(47)27-30(41)14-15-33-34(41)16-18-42(2)35(33)17-19-43(42,50)20-26-51(3)4)44-22-24-45(25-23-44)40(49)36-13-8-21-46(36)39(48)32-12-7-10-29-9-5-6-11-31(29)32/h5-7,9-12,30,33-38,47,50H,8,13-19,21-25,27-28H2,1-4H3/q+1/t30?,33?,34?,35?,36-,37?,38-,41?,42-,43+/m0/s1. The Balaban J connectivity index is 0.931. The van der Waals surface area contributed by atoms with E-state index in [-0.39, 0.29) is 45.7 Å². The molecule has 7 nitrogen and oxygen atoms in total. The number of aliphatic hydroxyl groups is 2. The van der Waals surface area contributed by atoms with E-state index in [1.165, 1.54) is 12.8 Å². The number of carbonyl (C=O) groups is 2. The van der Waals surface area contributed by atoms with E-state index in [0.717, 1.165) is 68.8 Å². The van der Waals surface area contributed by atoms with Gasteiger partial charge in [-0.25, -0.2) is 0 Å². The molecule has 0 spiro atoms. The zero-order chi connectivity index (χ0) is 35.7. The van der Waals surface area contributed by atoms with Crippen LogP contribution in [0, 0.1) is 45.7 Å². The first-order valence-electron chi connectivity index (χ1n) is 19.8. The van der Waals surface area contributed by atoms with Crippen LogP contribution in [0.5, 0.6) is 0 Å². The van der Waals surface area contributed by atoms with Crippen LogP contribution in [0.4, 0.5) is 0 Å². The van der Waals surface area contributed by atoms with E-state index in [4.69, 9.17) is 0 Å². The molecule has 2 N–H and O–H groups in total. The molecule has 2 heterocycles. The highest BCUT2D eigenvalue weighted by Gasteiger charge is 2.65. The number of fused-ring (bicyclic) bond motifs is 6. The smallest absolute Gasteiger partial charge is 0.255 e. The number of likely N-dealkylation sites (tertiary alicyclic amines) is 1. The Bertz CT molecular complexity index is 1720. The minimum atomic E-state index is -0.876. The molecule has 2 aromatic rings. The molecule has 274 valence electrons. The van der Waals surface area contributed by atoms with E-state index in [2.05, 4.69) is 42.4 Å². The molecule has 10 atom stereocenters. The van der Waals surface area contributed by atoms with E-state index in [9.17, 15) is 19.8 Å². The molecule has 2 aromatic carbocycles. The Morgan fingerprint density at radius 1 is 0.882 bits per heavy atom. The maximum Gasteiger partial charge on any atom is 0.255 e. The summed E-state index contributed by atoms with van der Waals surface area (Å²) in [6.07, 6.45) is 13.8. The lowest BCUT2D eigenvalue weighted by Crippen LogP contribution is -2.63. The van der Waals surface area contributed by atoms with Crippen molar-refractivity contribution in [3.8, 4) is 11.2 Å². The quantitative estimate of drug-likeness (QED) is 0.323. The summed E-state index contributed by atoms with van der Waals surface area (Å²) in [7, 11) is -0.00633. The van der Waals surface area contributed by atoms with Crippen molar-refractivity contribution in [1.29, 1.82) is 0 Å². The zero-order valence-corrected chi connectivity index (χ0v) is 32.0. The fraction of sp³-hybridized carbons (Fsp3) is 0.674. The molecule has 8 heteroatoms. The Labute approximate surface area is 307 Å². The average molecular weight is 713 g/mol. The lowest BCUT2D eigenvalue weighted by Gasteiger charge is -2.63. The van der Waals surface area contributed by atoms with Crippen LogP contribution in [0.15, 0.2) is 42.5 Å². The fourth-order valence-electron chi connectivity index (χ4n) is 12.4. The molecule has 0 aromatic heterocycles. The monoisotopic (exact) mass is 712 g/mol. The van der Waals surface area contributed by atoms with Crippen molar-refractivity contribution in [3.63, 3.8) is 0 Å². The van der Waals surface area contributed by atoms with Crippen LogP contribution < -0.4 is 0 Å². The number of amides is 2. The van der Waals surface area contributed by atoms with Crippen molar-refractivity contribution in [2.24, 2.45) is 34.5 Å². The third-order valence-corrected chi connectivity index (χ3v) is 15.7. The minimum absolute atomic E-state index is 0.00633. The summed E-state index contributed by atoms with van der Waals surface area (Å²) in [5.41, 5.74) is -0.182. The summed E-state index contributed by atoms with van der Waals surface area (Å²) in [6.45, 7) is 8.28. The number of benzene rings is 2. The molecule has 6 aliphatic rings. The van der Waals surface area contributed by atoms with Crippen LogP contribution in [-0.4, -0.2) is 106 Å². The largest absolute Gasteiger partial charge is 0.391 e. The summed E-state index contributed by atoms with van der Waals surface area (Å²) in [5, 5.41) is 28.9. The Morgan fingerprint density at radius 2 is 1.63 bits per heavy atom. The molecule has 6 fully saturated rings. The number of nitrogens with zero attached hydrogens (tertiary/aromatic N) is 3. The summed E-state index contributed by atoms with van der Waals surface area (Å²) in [5.74, 6) is 5.69. The van der Waals surface area contributed by atoms with E-state index in [1.54, 1.807) is 0 Å². The molecule has 6 unspecified atom stereocenters. The van der Waals surface area contributed by atoms with Crippen molar-refractivity contribution < 1.29 is 19.8 Å². The van der Waals surface area contributed by atoms with Gasteiger partial charge in [-0.15, -0.1) is 0 Å². The van der Waals surface area contributed by atoms with E-state index in [1.807, 2.05) is 52.3 Å². The van der Waals surface area contributed by atoms with Gasteiger partial charge < -0.3 is 20.0 Å². The Kier molecular flexibility index (Phi) is 9.30. The molecule has 0 bridgehead atoms. The molecular formula is C43H58N3O4S+. The lowest BCUT2D eigenvalue weighted by atomic mass is 9.44. The first-order chi connectivity index (χ1) is 24.4. The van der Waals surface area contributed by atoms with Gasteiger partial charge in [-0.2, -0.15) is 0 Å². The molecule has 51 heavy (non-hydrogen) atoms. The molecule has 0 radical (unpaired) electrons. The highest BCUT2D eigenvalue weighted by Crippen LogP contribution is 2.68. The fourth-order valence-corrected chi connectivity index (χ4v) is 12.7. The van der Waals surface area contributed by atoms with Gasteiger partial charge in [0.15, 0.2) is 5.25 Å². The van der Waals surface area contributed by atoms with E-state index >= 15 is 0 Å². The third kappa shape index (κ3) is 5.84. The summed E-state index contributed by atoms with van der Waals surface area (Å²) < 4.78 is 0. The first kappa shape index (κ1) is 35.5. The zero-order valence-electron chi connectivity index (χ0n) is 31.2. The number of hydrogen-bond donors (Lipinski definition) is 2. The molecule has 2 aliphatic heterocycles. The van der Waals surface area contributed by atoms with Crippen molar-refractivity contribution >= 4 is 33.5 Å². The molecular weight excluding hydrogens is 655 g/mol. The number of aliphatic hydroxyl groups excluding tert-OH is 1. The highest BCUT2D eigenvalue weighted by atomic mass is 32.2. The van der Waals surface area contributed by atoms with Gasteiger partial charge in [-0.05, 0) is 116 Å². The maximum absolute atomic E-state index is 14.0. The molecule has 2 amide bonds. The predicted molar refractivity (Wildman–Crippen MR) is 205 cm³/mol. The van der Waals surface area contributed by atoms with Crippen LogP contribution in [0.2, 0.25) is 0 Å². The topological polar surface area (TPSA) is 84.3 Å². The maximum atomic E-state index is 14.0. The second-order valence-electron chi connectivity index (χ2n) is 17.7. The SMILES string of the molecule is C[S+](C)C#C[C@]1(O)CCC2C3CCC4C[C@H](O)C(N5CCN(C(=O)[C@@H]6CCCN6C(=O)c6cccc7ccccc67)CC5)CC4(C)C3CC[C@@]21C. The predicted octanol–water partition coefficient (Wildman–Crippen LogP) is 5.54. The summed E-state index contributed by atoms with van der Waals surface area (Å²) >= 11 is 0. The molecule has 4 aliphatic carbocycles. The highest BCUT2D eigenvalue weighted by molar-refractivity contribution is 8.00. The van der Waals surface area contributed by atoms with Gasteiger partial charge in [-0.1, -0.05) is 50.2 Å². The van der Waals surface area contributed by atoms with Crippen LogP contribution in [0.25, 0.3) is 10.8 Å². The third-order valence-electron chi connectivity index (χ3n) is 15.2. The molecule has 8 rings (SSSR count). The molecule has 4 saturated carbocycles. The van der Waals surface area contributed by atoms with Crippen LogP contribution >= 0.6 is 0 Å². The van der Waals surface area contributed by atoms with Gasteiger partial charge in [0.1, 0.15) is 24.2 Å². The van der Waals surface area contributed by atoms with Gasteiger partial charge in [0.2, 0.25) is 5.91 Å². The van der Waals surface area contributed by atoms with Gasteiger partial charge in [0.05, 0.1) is 17.0 Å². The van der Waals surface area contributed by atoms with Crippen molar-refractivity contribution in [3.05, 3.63) is 48.0 Å². The molecule has 2 saturated heterocycles. The van der Waals surface area contributed by atoms with Crippen LogP contribution in [0.3, 0.4) is 0 Å². The second kappa shape index (κ2) is 13.4. The minimum Gasteiger partial charge on any atom is -0.391 e. The van der Waals surface area contributed by atoms with E-state index < -0.39 is 11.6 Å². The van der Waals surface area contributed by atoms with Crippen molar-refractivity contribution in [2.45, 2.75) is 102 Å². The van der Waals surface area contributed by atoms with Crippen molar-refractivity contribution in [2.75, 3.05) is 45.2 Å². The van der Waals surface area contributed by atoms with Gasteiger partial charge in [-0.3, -0.25) is 14.5 Å². The Morgan fingerprint density at radius 3 is 2.41 bits per heavy atom. The van der Waals surface area contributed by atoms with Gasteiger partial charge in [0.25, 0.3) is 5.91 Å². The number of hydrogen-bond acceptors (Lipinski definition) is 5. The van der Waals surface area contributed by atoms with Crippen LogP contribution in [0.1, 0.15) is 88.4 Å². The summed E-state index contributed by atoms with van der Waals surface area (Å²) in [4.78, 5) is 34.2. The Hall–Kier alpha value is -2.57. The first-order valence-corrected chi connectivity index (χ1v) is 21.8. The number of rotatable bonds is 3. The average Bonchev–Trinajstić information content (AvgIpc) is 3.73. The lowest BCUT2D eigenvalue weighted by molar-refractivity contribution is -0.163. The second-order valence-corrected chi connectivity index (χ2v) is 19.5. The summed E-state index contributed by atoms with van der Waals surface area (Å²) in [6, 6.07) is 13.5. The van der Waals surface area contributed by atoms with Gasteiger partial charge in [0, 0.05) is 49.7 Å². The van der Waals surface area contributed by atoms with E-state index in [0.29, 0.717) is 55.3 Å². The van der Waals surface area contributed by atoms with Gasteiger partial charge >= 0.3 is 0 Å². The van der Waals surface area contributed by atoms with Crippen molar-refractivity contribution in [1.82, 2.24) is 14.7 Å². The van der Waals surface area contributed by atoms with Crippen LogP contribution in [-0.2, 0) is 15.7 Å².